The monoisotopic (exact) mass is 350 g/mol. The Bertz CT molecular complexity index is 714. The van der Waals surface area contributed by atoms with Crippen LogP contribution in [-0.4, -0.2) is 61.8 Å². The number of hydrogen-bond acceptors (Lipinski definition) is 8. The van der Waals surface area contributed by atoms with Crippen LogP contribution in [0, 0.1) is 0 Å². The van der Waals surface area contributed by atoms with Crippen molar-refractivity contribution in [2.45, 2.75) is 0 Å². The molecule has 0 unspecified atom stereocenters. The summed E-state index contributed by atoms with van der Waals surface area (Å²) in [7, 11) is 2.68. The second-order valence-electron chi connectivity index (χ2n) is 4.93. The number of imide groups is 1. The highest BCUT2D eigenvalue weighted by molar-refractivity contribution is 6.17. The molecule has 2 amide bonds. The summed E-state index contributed by atoms with van der Waals surface area (Å²) in [5.41, 5.74) is 0.573. The minimum atomic E-state index is -0.534. The van der Waals surface area contributed by atoms with Crippen LogP contribution in [0.1, 0.15) is 0 Å². The van der Waals surface area contributed by atoms with Crippen LogP contribution in [0.4, 0.5) is 5.69 Å². The third kappa shape index (κ3) is 4.27. The number of esters is 1. The minimum absolute atomic E-state index is 0.0665. The van der Waals surface area contributed by atoms with E-state index in [0.29, 0.717) is 17.2 Å². The van der Waals surface area contributed by atoms with Gasteiger partial charge in [0.15, 0.2) is 18.1 Å². The number of methoxy groups -OCH3 is 2. The van der Waals surface area contributed by atoms with Gasteiger partial charge in [-0.2, -0.15) is 0 Å². The maximum atomic E-state index is 12.1. The van der Waals surface area contributed by atoms with Gasteiger partial charge in [0.25, 0.3) is 11.8 Å². The molecular weight excluding hydrogens is 332 g/mol. The van der Waals surface area contributed by atoms with Gasteiger partial charge >= 0.3 is 5.97 Å². The van der Waals surface area contributed by atoms with E-state index in [1.165, 1.54) is 14.2 Å². The number of aliphatic hydroxyl groups excluding tert-OH is 1. The molecule has 0 fully saturated rings. The Kier molecular flexibility index (Phi) is 5.96. The van der Waals surface area contributed by atoms with Crippen molar-refractivity contribution in [3.05, 3.63) is 30.0 Å². The Balaban J connectivity index is 2.11. The van der Waals surface area contributed by atoms with Crippen molar-refractivity contribution in [2.24, 2.45) is 0 Å². The van der Waals surface area contributed by atoms with Gasteiger partial charge in [-0.3, -0.25) is 14.5 Å². The van der Waals surface area contributed by atoms with E-state index in [9.17, 15) is 14.4 Å². The number of carbonyl (C=O) groups excluding carboxylic acids is 3. The number of anilines is 1. The average molecular weight is 350 g/mol. The minimum Gasteiger partial charge on any atom is -0.493 e. The van der Waals surface area contributed by atoms with Gasteiger partial charge in [-0.1, -0.05) is 0 Å². The van der Waals surface area contributed by atoms with E-state index < -0.39 is 17.8 Å². The lowest BCUT2D eigenvalue weighted by Crippen LogP contribution is -2.34. The molecular formula is C16H18N2O7. The number of amides is 2. The molecule has 0 bridgehead atoms. The fourth-order valence-electron chi connectivity index (χ4n) is 2.13. The van der Waals surface area contributed by atoms with Crippen molar-refractivity contribution in [3.63, 3.8) is 0 Å². The van der Waals surface area contributed by atoms with Gasteiger partial charge in [-0.15, -0.1) is 0 Å². The summed E-state index contributed by atoms with van der Waals surface area (Å²) in [4.78, 5) is 35.9. The van der Waals surface area contributed by atoms with Crippen molar-refractivity contribution >= 4 is 23.5 Å². The Morgan fingerprint density at radius 1 is 1.24 bits per heavy atom. The number of benzene rings is 1. The summed E-state index contributed by atoms with van der Waals surface area (Å²) in [5, 5.41) is 11.7. The van der Waals surface area contributed by atoms with E-state index in [4.69, 9.17) is 14.6 Å². The molecule has 25 heavy (non-hydrogen) atoms. The predicted molar refractivity (Wildman–Crippen MR) is 86.0 cm³/mol. The van der Waals surface area contributed by atoms with Crippen LogP contribution in [-0.2, 0) is 19.1 Å². The van der Waals surface area contributed by atoms with Gasteiger partial charge < -0.3 is 24.6 Å². The summed E-state index contributed by atoms with van der Waals surface area (Å²) in [6, 6.07) is 4.71. The zero-order valence-electron chi connectivity index (χ0n) is 13.8. The molecule has 2 N–H and O–H groups in total. The van der Waals surface area contributed by atoms with E-state index >= 15 is 0 Å². The highest BCUT2D eigenvalue weighted by atomic mass is 16.6. The highest BCUT2D eigenvalue weighted by Crippen LogP contribution is 2.31. The van der Waals surface area contributed by atoms with Crippen LogP contribution in [0.5, 0.6) is 11.5 Å². The second kappa shape index (κ2) is 8.15. The number of hydrogen-bond donors (Lipinski definition) is 2. The quantitative estimate of drug-likeness (QED) is 0.494. The fourth-order valence-corrected chi connectivity index (χ4v) is 2.13. The zero-order chi connectivity index (χ0) is 18.4. The van der Waals surface area contributed by atoms with Crippen molar-refractivity contribution in [1.82, 2.24) is 4.90 Å². The summed E-state index contributed by atoms with van der Waals surface area (Å²) >= 11 is 0. The van der Waals surface area contributed by atoms with Crippen LogP contribution in [0.3, 0.4) is 0 Å². The lowest BCUT2D eigenvalue weighted by molar-refractivity contribution is -0.143. The molecule has 0 radical (unpaired) electrons. The number of ether oxygens (including phenoxy) is 3. The van der Waals surface area contributed by atoms with E-state index in [2.05, 4.69) is 10.1 Å². The highest BCUT2D eigenvalue weighted by Gasteiger charge is 2.30. The maximum Gasteiger partial charge on any atom is 0.343 e. The SMILES string of the molecule is COC(=O)COc1ccc(NC2=CC(=O)N(CCO)C2=O)cc1OC. The number of β-amino-alcohol motifs (C(OH)–C–C–N with tert-alkyl or cyclic N) is 1. The standard InChI is InChI=1S/C16H18N2O7/c1-23-13-7-10(3-4-12(13)25-9-15(21)24-2)17-11-8-14(20)18(5-6-19)16(11)22/h3-4,7-8,17,19H,5-6,9H2,1-2H3. The van der Waals surface area contributed by atoms with Crippen LogP contribution < -0.4 is 14.8 Å². The van der Waals surface area contributed by atoms with Crippen molar-refractivity contribution in [2.75, 3.05) is 39.3 Å². The van der Waals surface area contributed by atoms with E-state index in [-0.39, 0.29) is 25.5 Å². The molecule has 0 atom stereocenters. The molecule has 0 spiro atoms. The summed E-state index contributed by atoms with van der Waals surface area (Å²) in [6.45, 7) is -0.643. The van der Waals surface area contributed by atoms with Crippen molar-refractivity contribution in [1.29, 1.82) is 0 Å². The van der Waals surface area contributed by atoms with Gasteiger partial charge in [-0.05, 0) is 12.1 Å². The normalized spacial score (nSPS) is 13.6. The molecule has 134 valence electrons. The number of nitrogens with one attached hydrogen (secondary N) is 1. The lowest BCUT2D eigenvalue weighted by Gasteiger charge is -2.14. The predicted octanol–water partition coefficient (Wildman–Crippen LogP) is -0.0961. The van der Waals surface area contributed by atoms with Gasteiger partial charge in [0.05, 0.1) is 27.4 Å². The summed E-state index contributed by atoms with van der Waals surface area (Å²) in [5.74, 6) is -0.898. The van der Waals surface area contributed by atoms with Crippen LogP contribution in [0.25, 0.3) is 0 Å². The molecule has 9 heteroatoms. The van der Waals surface area contributed by atoms with E-state index in [1.54, 1.807) is 18.2 Å². The molecule has 1 aromatic carbocycles. The zero-order valence-corrected chi connectivity index (χ0v) is 13.8. The van der Waals surface area contributed by atoms with Crippen molar-refractivity contribution < 1.29 is 33.7 Å². The first kappa shape index (κ1) is 18.3. The topological polar surface area (TPSA) is 114 Å². The molecule has 0 saturated heterocycles. The molecule has 1 aromatic rings. The molecule has 0 aliphatic carbocycles. The third-order valence-corrected chi connectivity index (χ3v) is 3.35. The molecule has 2 rings (SSSR count). The number of carbonyl (C=O) groups is 3. The largest absolute Gasteiger partial charge is 0.493 e. The number of rotatable bonds is 8. The molecule has 0 saturated carbocycles. The van der Waals surface area contributed by atoms with Crippen molar-refractivity contribution in [3.8, 4) is 11.5 Å². The second-order valence-corrected chi connectivity index (χ2v) is 4.93. The molecule has 1 aliphatic heterocycles. The Morgan fingerprint density at radius 2 is 2.00 bits per heavy atom. The molecule has 9 nitrogen and oxygen atoms in total. The molecule has 1 heterocycles. The van der Waals surface area contributed by atoms with Crippen LogP contribution in [0.2, 0.25) is 0 Å². The third-order valence-electron chi connectivity index (χ3n) is 3.35. The number of nitrogens with zero attached hydrogens (tertiary/aromatic N) is 1. The van der Waals surface area contributed by atoms with Gasteiger partial charge in [0.2, 0.25) is 0 Å². The average Bonchev–Trinajstić information content (AvgIpc) is 2.87. The Hall–Kier alpha value is -3.07. The van der Waals surface area contributed by atoms with E-state index in [1.807, 2.05) is 0 Å². The fraction of sp³-hybridized carbons (Fsp3) is 0.312. The lowest BCUT2D eigenvalue weighted by atomic mass is 10.2. The van der Waals surface area contributed by atoms with Crippen LogP contribution >= 0.6 is 0 Å². The molecule has 0 aromatic heterocycles. The maximum absolute atomic E-state index is 12.1. The van der Waals surface area contributed by atoms with Gasteiger partial charge in [0, 0.05) is 17.8 Å². The van der Waals surface area contributed by atoms with E-state index in [0.717, 1.165) is 11.0 Å². The van der Waals surface area contributed by atoms with Gasteiger partial charge in [-0.25, -0.2) is 4.79 Å². The van der Waals surface area contributed by atoms with Crippen LogP contribution in [0.15, 0.2) is 30.0 Å². The summed E-state index contributed by atoms with van der Waals surface area (Å²) < 4.78 is 15.0. The Morgan fingerprint density at radius 3 is 2.64 bits per heavy atom. The molecule has 1 aliphatic rings. The summed E-state index contributed by atoms with van der Waals surface area (Å²) in [6.07, 6.45) is 1.16. The first-order valence-electron chi connectivity index (χ1n) is 7.33. The van der Waals surface area contributed by atoms with Gasteiger partial charge in [0.1, 0.15) is 5.70 Å². The Labute approximate surface area is 143 Å². The first-order chi connectivity index (χ1) is 12.0. The first-order valence-corrected chi connectivity index (χ1v) is 7.33. The smallest absolute Gasteiger partial charge is 0.343 e. The number of aliphatic hydroxyl groups is 1.